The molecule has 0 saturated carbocycles. The SMILES string of the molecule is CN1C2CCC1CC(C1CN(CCCCC(=O)[O-])CCO1)C2.Cl.Cl. The van der Waals surface area contributed by atoms with E-state index in [0.29, 0.717) is 12.0 Å². The smallest absolute Gasteiger partial charge is 0.0731 e. The lowest BCUT2D eigenvalue weighted by atomic mass is 9.86. The van der Waals surface area contributed by atoms with Gasteiger partial charge < -0.3 is 19.5 Å². The standard InChI is InChI=1S/C17H30N2O3.2ClH/c1-18-14-5-6-15(18)11-13(10-14)16-12-19(8-9-22-16)7-3-2-4-17(20)21;;/h13-16H,2-12H2,1H3,(H,20,21);2*1H/p-1. The van der Waals surface area contributed by atoms with Crippen LogP contribution < -0.4 is 5.11 Å². The lowest BCUT2D eigenvalue weighted by Gasteiger charge is -2.43. The maximum absolute atomic E-state index is 10.5. The Hall–Kier alpha value is -0.0700. The van der Waals surface area contributed by atoms with Gasteiger partial charge in [0.15, 0.2) is 0 Å². The van der Waals surface area contributed by atoms with Crippen LogP contribution in [-0.2, 0) is 9.53 Å². The Kier molecular flexibility index (Phi) is 9.31. The van der Waals surface area contributed by atoms with Crippen molar-refractivity contribution >= 4 is 30.8 Å². The Morgan fingerprint density at radius 3 is 2.46 bits per heavy atom. The van der Waals surface area contributed by atoms with Gasteiger partial charge in [-0.3, -0.25) is 4.90 Å². The summed E-state index contributed by atoms with van der Waals surface area (Å²) in [6.45, 7) is 3.83. The van der Waals surface area contributed by atoms with Gasteiger partial charge in [-0.2, -0.15) is 0 Å². The second kappa shape index (κ2) is 10.2. The van der Waals surface area contributed by atoms with E-state index in [9.17, 15) is 9.90 Å². The lowest BCUT2D eigenvalue weighted by Crippen LogP contribution is -2.50. The van der Waals surface area contributed by atoms with Crippen LogP contribution in [0.15, 0.2) is 0 Å². The predicted molar refractivity (Wildman–Crippen MR) is 96.8 cm³/mol. The van der Waals surface area contributed by atoms with Crippen molar-refractivity contribution in [3.8, 4) is 0 Å². The minimum absolute atomic E-state index is 0. The van der Waals surface area contributed by atoms with Crippen LogP contribution in [0.3, 0.4) is 0 Å². The summed E-state index contributed by atoms with van der Waals surface area (Å²) >= 11 is 0. The number of morpholine rings is 1. The maximum atomic E-state index is 10.5. The van der Waals surface area contributed by atoms with Gasteiger partial charge in [0.05, 0.1) is 12.7 Å². The van der Waals surface area contributed by atoms with Crippen LogP contribution in [-0.4, -0.2) is 67.2 Å². The average molecular weight is 382 g/mol. The number of hydrogen-bond acceptors (Lipinski definition) is 5. The van der Waals surface area contributed by atoms with E-state index < -0.39 is 5.97 Å². The summed E-state index contributed by atoms with van der Waals surface area (Å²) in [5.74, 6) is -0.221. The average Bonchev–Trinajstić information content (AvgIpc) is 2.74. The maximum Gasteiger partial charge on any atom is 0.0731 e. The van der Waals surface area contributed by atoms with Gasteiger partial charge >= 0.3 is 0 Å². The first-order chi connectivity index (χ1) is 10.6. The summed E-state index contributed by atoms with van der Waals surface area (Å²) in [7, 11) is 2.28. The number of halogens is 2. The van der Waals surface area contributed by atoms with Gasteiger partial charge in [-0.15, -0.1) is 24.8 Å². The number of carbonyl (C=O) groups is 1. The second-order valence-electron chi connectivity index (χ2n) is 7.32. The van der Waals surface area contributed by atoms with E-state index in [1.54, 1.807) is 0 Å². The van der Waals surface area contributed by atoms with E-state index in [1.165, 1.54) is 25.7 Å². The summed E-state index contributed by atoms with van der Waals surface area (Å²) in [5, 5.41) is 10.5. The molecule has 0 aliphatic carbocycles. The molecular formula is C17H31Cl2N2O3-. The number of carbonyl (C=O) groups excluding carboxylic acids is 1. The fraction of sp³-hybridized carbons (Fsp3) is 0.941. The topological polar surface area (TPSA) is 55.8 Å². The second-order valence-corrected chi connectivity index (χ2v) is 7.32. The molecule has 0 N–H and O–H groups in total. The highest BCUT2D eigenvalue weighted by Crippen LogP contribution is 2.39. The van der Waals surface area contributed by atoms with Crippen molar-refractivity contribution in [3.63, 3.8) is 0 Å². The van der Waals surface area contributed by atoms with Gasteiger partial charge in [0, 0.05) is 31.1 Å². The molecule has 3 saturated heterocycles. The largest absolute Gasteiger partial charge is 0.550 e. The molecule has 142 valence electrons. The van der Waals surface area contributed by atoms with Crippen molar-refractivity contribution in [3.05, 3.63) is 0 Å². The molecule has 7 heteroatoms. The van der Waals surface area contributed by atoms with E-state index in [4.69, 9.17) is 4.74 Å². The normalized spacial score (nSPS) is 33.5. The highest BCUT2D eigenvalue weighted by molar-refractivity contribution is 5.85. The molecule has 24 heavy (non-hydrogen) atoms. The Balaban J connectivity index is 0.00000144. The van der Waals surface area contributed by atoms with E-state index in [0.717, 1.165) is 51.2 Å². The third kappa shape index (κ3) is 5.46. The Morgan fingerprint density at radius 1 is 1.17 bits per heavy atom. The van der Waals surface area contributed by atoms with Crippen LogP contribution in [0.25, 0.3) is 0 Å². The molecule has 0 aromatic heterocycles. The van der Waals surface area contributed by atoms with Gasteiger partial charge in [0.1, 0.15) is 0 Å². The summed E-state index contributed by atoms with van der Waals surface area (Å²) in [4.78, 5) is 15.5. The molecule has 3 aliphatic heterocycles. The molecule has 3 aliphatic rings. The minimum atomic E-state index is -0.929. The minimum Gasteiger partial charge on any atom is -0.550 e. The summed E-state index contributed by atoms with van der Waals surface area (Å²) in [6.07, 6.45) is 7.53. The number of piperidine rings is 1. The molecule has 0 spiro atoms. The number of hydrogen-bond donors (Lipinski definition) is 0. The molecule has 2 bridgehead atoms. The van der Waals surface area contributed by atoms with Crippen molar-refractivity contribution < 1.29 is 14.6 Å². The molecular weight excluding hydrogens is 351 g/mol. The quantitative estimate of drug-likeness (QED) is 0.649. The zero-order valence-electron chi connectivity index (χ0n) is 14.5. The molecule has 0 aromatic rings. The van der Waals surface area contributed by atoms with Crippen LogP contribution in [0.4, 0.5) is 0 Å². The van der Waals surface area contributed by atoms with Gasteiger partial charge in [0.25, 0.3) is 0 Å². The summed E-state index contributed by atoms with van der Waals surface area (Å²) in [5.41, 5.74) is 0. The number of fused-ring (bicyclic) bond motifs is 2. The van der Waals surface area contributed by atoms with Crippen LogP contribution in [0, 0.1) is 5.92 Å². The monoisotopic (exact) mass is 381 g/mol. The van der Waals surface area contributed by atoms with Gasteiger partial charge in [-0.25, -0.2) is 0 Å². The highest BCUT2D eigenvalue weighted by Gasteiger charge is 2.42. The predicted octanol–water partition coefficient (Wildman–Crippen LogP) is 1.32. The van der Waals surface area contributed by atoms with Crippen molar-refractivity contribution in [1.82, 2.24) is 9.80 Å². The van der Waals surface area contributed by atoms with E-state index in [1.807, 2.05) is 0 Å². The highest BCUT2D eigenvalue weighted by atomic mass is 35.5. The van der Waals surface area contributed by atoms with Crippen molar-refractivity contribution in [1.29, 1.82) is 0 Å². The fourth-order valence-electron chi connectivity index (χ4n) is 4.58. The van der Waals surface area contributed by atoms with E-state index >= 15 is 0 Å². The van der Waals surface area contributed by atoms with E-state index in [2.05, 4.69) is 16.8 Å². The van der Waals surface area contributed by atoms with Crippen LogP contribution in [0.1, 0.15) is 44.9 Å². The Labute approximate surface area is 157 Å². The summed E-state index contributed by atoms with van der Waals surface area (Å²) in [6, 6.07) is 1.54. The first-order valence-corrected chi connectivity index (χ1v) is 8.89. The van der Waals surface area contributed by atoms with Gasteiger partial charge in [-0.1, -0.05) is 0 Å². The van der Waals surface area contributed by atoms with Crippen molar-refractivity contribution in [2.24, 2.45) is 5.92 Å². The van der Waals surface area contributed by atoms with E-state index in [-0.39, 0.29) is 31.2 Å². The molecule has 0 aromatic carbocycles. The molecule has 3 fully saturated rings. The zero-order valence-corrected chi connectivity index (χ0v) is 16.2. The first-order valence-electron chi connectivity index (χ1n) is 8.89. The first kappa shape index (κ1) is 22.0. The molecule has 0 amide bonds. The molecule has 5 nitrogen and oxygen atoms in total. The number of carboxylic acid groups (broad SMARTS) is 1. The molecule has 3 rings (SSSR count). The number of unbranched alkanes of at least 4 members (excludes halogenated alkanes) is 1. The number of aliphatic carboxylic acids is 1. The van der Waals surface area contributed by atoms with Crippen LogP contribution in [0.5, 0.6) is 0 Å². The zero-order chi connectivity index (χ0) is 15.5. The lowest BCUT2D eigenvalue weighted by molar-refractivity contribution is -0.305. The Bertz CT molecular complexity index is 386. The molecule has 3 heterocycles. The number of ether oxygens (including phenoxy) is 1. The molecule has 3 unspecified atom stereocenters. The number of nitrogens with zero attached hydrogens (tertiary/aromatic N) is 2. The van der Waals surface area contributed by atoms with Crippen molar-refractivity contribution in [2.45, 2.75) is 63.1 Å². The fourth-order valence-corrected chi connectivity index (χ4v) is 4.58. The Morgan fingerprint density at radius 2 is 1.83 bits per heavy atom. The van der Waals surface area contributed by atoms with Crippen LogP contribution >= 0.6 is 24.8 Å². The van der Waals surface area contributed by atoms with Gasteiger partial charge in [-0.05, 0) is 64.5 Å². The molecule has 3 atom stereocenters. The third-order valence-electron chi connectivity index (χ3n) is 5.94. The summed E-state index contributed by atoms with van der Waals surface area (Å²) < 4.78 is 6.09. The number of carboxylic acids is 1. The van der Waals surface area contributed by atoms with Gasteiger partial charge in [0.2, 0.25) is 0 Å². The third-order valence-corrected chi connectivity index (χ3v) is 5.94. The van der Waals surface area contributed by atoms with Crippen molar-refractivity contribution in [2.75, 3.05) is 33.3 Å². The molecule has 0 radical (unpaired) electrons. The van der Waals surface area contributed by atoms with Crippen LogP contribution in [0.2, 0.25) is 0 Å². The number of rotatable bonds is 6.